The zero-order chi connectivity index (χ0) is 20.5. The summed E-state index contributed by atoms with van der Waals surface area (Å²) in [5.74, 6) is 1.81. The van der Waals surface area contributed by atoms with Crippen molar-refractivity contribution in [1.82, 2.24) is 0 Å². The van der Waals surface area contributed by atoms with Gasteiger partial charge in [0.15, 0.2) is 0 Å². The maximum Gasteiger partial charge on any atom is 0.119 e. The molecule has 4 rings (SSSR count). The highest BCUT2D eigenvalue weighted by Gasteiger charge is 2.54. The lowest BCUT2D eigenvalue weighted by Gasteiger charge is -2.34. The Bertz CT molecular complexity index is 705. The molecule has 1 heterocycles. The van der Waals surface area contributed by atoms with Crippen LogP contribution in [0.3, 0.4) is 0 Å². The van der Waals surface area contributed by atoms with Crippen molar-refractivity contribution in [2.24, 2.45) is 11.3 Å². The van der Waals surface area contributed by atoms with E-state index >= 15 is 0 Å². The number of hydrogen-bond acceptors (Lipinski definition) is 3. The van der Waals surface area contributed by atoms with E-state index < -0.39 is 0 Å². The van der Waals surface area contributed by atoms with E-state index in [2.05, 4.69) is 71.7 Å². The van der Waals surface area contributed by atoms with Crippen molar-refractivity contribution in [3.05, 3.63) is 54.6 Å². The summed E-state index contributed by atoms with van der Waals surface area (Å²) in [6, 6.07) is 19.3. The molecule has 158 valence electrons. The van der Waals surface area contributed by atoms with E-state index in [4.69, 9.17) is 4.74 Å². The van der Waals surface area contributed by atoms with Crippen LogP contribution in [-0.4, -0.2) is 26.2 Å². The summed E-state index contributed by atoms with van der Waals surface area (Å²) in [6.45, 7) is 10.5. The second-order valence-corrected chi connectivity index (χ2v) is 8.19. The first-order valence-corrected chi connectivity index (χ1v) is 11.6. The van der Waals surface area contributed by atoms with Crippen LogP contribution in [0.4, 0.5) is 11.4 Å². The molecule has 2 aromatic carbocycles. The molecule has 0 amide bonds. The Kier molecular flexibility index (Phi) is 7.85. The maximum absolute atomic E-state index is 5.74. The van der Waals surface area contributed by atoms with Gasteiger partial charge in [-0.15, -0.1) is 0 Å². The number of para-hydroxylation sites is 1. The molecule has 0 aromatic heterocycles. The summed E-state index contributed by atoms with van der Waals surface area (Å²) in [5.41, 5.74) is 3.19. The van der Waals surface area contributed by atoms with Crippen LogP contribution in [-0.2, 0) is 0 Å². The molecule has 1 aliphatic heterocycles. The van der Waals surface area contributed by atoms with Crippen molar-refractivity contribution in [3.63, 3.8) is 0 Å². The van der Waals surface area contributed by atoms with Crippen molar-refractivity contribution >= 4 is 11.4 Å². The monoisotopic (exact) mass is 394 g/mol. The minimum absolute atomic E-state index is 0.599. The Labute approximate surface area is 177 Å². The molecule has 0 bridgehead atoms. The molecule has 2 fully saturated rings. The van der Waals surface area contributed by atoms with Crippen LogP contribution in [0.2, 0.25) is 0 Å². The Morgan fingerprint density at radius 1 is 1.00 bits per heavy atom. The van der Waals surface area contributed by atoms with Crippen LogP contribution in [0.15, 0.2) is 54.6 Å². The van der Waals surface area contributed by atoms with Crippen molar-refractivity contribution in [2.75, 3.05) is 36.5 Å². The largest absolute Gasteiger partial charge is 0.494 e. The normalized spacial score (nSPS) is 19.3. The SMILES string of the molecule is CC.CCCCOc1ccc(NCC2CC23CCN(c2ccccc2)CC3)cc1. The van der Waals surface area contributed by atoms with Crippen LogP contribution in [0, 0.1) is 11.3 Å². The number of ether oxygens (including phenoxy) is 1. The number of rotatable bonds is 8. The number of piperidine rings is 1. The van der Waals surface area contributed by atoms with E-state index in [-0.39, 0.29) is 0 Å². The first-order chi connectivity index (χ1) is 14.3. The molecule has 29 heavy (non-hydrogen) atoms. The predicted octanol–water partition coefficient (Wildman–Crippen LogP) is 6.61. The molecule has 1 saturated heterocycles. The molecule has 1 atom stereocenters. The molecule has 1 unspecified atom stereocenters. The summed E-state index contributed by atoms with van der Waals surface area (Å²) >= 11 is 0. The first-order valence-electron chi connectivity index (χ1n) is 11.6. The summed E-state index contributed by atoms with van der Waals surface area (Å²) in [4.78, 5) is 2.55. The zero-order valence-electron chi connectivity index (χ0n) is 18.5. The van der Waals surface area contributed by atoms with Crippen LogP contribution >= 0.6 is 0 Å². The van der Waals surface area contributed by atoms with Crippen molar-refractivity contribution in [1.29, 1.82) is 0 Å². The van der Waals surface area contributed by atoms with Gasteiger partial charge in [0.25, 0.3) is 0 Å². The lowest BCUT2D eigenvalue weighted by Crippen LogP contribution is -2.35. The highest BCUT2D eigenvalue weighted by molar-refractivity contribution is 5.48. The number of anilines is 2. The second-order valence-electron chi connectivity index (χ2n) is 8.19. The molecule has 3 nitrogen and oxygen atoms in total. The van der Waals surface area contributed by atoms with Gasteiger partial charge in [-0.1, -0.05) is 45.4 Å². The smallest absolute Gasteiger partial charge is 0.119 e. The first kappa shape index (κ1) is 21.5. The van der Waals surface area contributed by atoms with Gasteiger partial charge in [-0.2, -0.15) is 0 Å². The van der Waals surface area contributed by atoms with E-state index in [9.17, 15) is 0 Å². The van der Waals surface area contributed by atoms with E-state index in [0.29, 0.717) is 5.41 Å². The molecule has 2 aliphatic rings. The Hall–Kier alpha value is -2.16. The lowest BCUT2D eigenvalue weighted by molar-refractivity contribution is 0.309. The van der Waals surface area contributed by atoms with Crippen LogP contribution in [0.5, 0.6) is 5.75 Å². The molecule has 0 radical (unpaired) electrons. The number of benzene rings is 2. The third-order valence-corrected chi connectivity index (χ3v) is 6.41. The average Bonchev–Trinajstić information content (AvgIpc) is 3.47. The minimum Gasteiger partial charge on any atom is -0.494 e. The van der Waals surface area contributed by atoms with Gasteiger partial charge in [0.1, 0.15) is 5.75 Å². The van der Waals surface area contributed by atoms with Crippen molar-refractivity contribution < 1.29 is 4.74 Å². The minimum atomic E-state index is 0.599. The quantitative estimate of drug-likeness (QED) is 0.510. The van der Waals surface area contributed by atoms with E-state index in [1.165, 1.54) is 50.1 Å². The third kappa shape index (κ3) is 5.68. The highest BCUT2D eigenvalue weighted by Crippen LogP contribution is 2.59. The van der Waals surface area contributed by atoms with Crippen molar-refractivity contribution in [3.8, 4) is 5.75 Å². The zero-order valence-corrected chi connectivity index (χ0v) is 18.5. The second kappa shape index (κ2) is 10.6. The van der Waals surface area contributed by atoms with E-state index in [1.807, 2.05) is 13.8 Å². The van der Waals surface area contributed by atoms with E-state index in [1.54, 1.807) is 0 Å². The topological polar surface area (TPSA) is 24.5 Å². The Balaban J connectivity index is 0.00000117. The molecule has 1 N–H and O–H groups in total. The van der Waals surface area contributed by atoms with Gasteiger partial charge < -0.3 is 15.0 Å². The maximum atomic E-state index is 5.74. The van der Waals surface area contributed by atoms with Crippen LogP contribution in [0.1, 0.15) is 52.9 Å². The van der Waals surface area contributed by atoms with Gasteiger partial charge in [0, 0.05) is 31.0 Å². The third-order valence-electron chi connectivity index (χ3n) is 6.41. The standard InChI is InChI=1S/C24H32N2O.C2H6/c1-2-3-17-27-23-11-9-21(10-12-23)25-19-20-18-24(20)13-15-26(16-14-24)22-7-5-4-6-8-22;1-2/h4-12,20,25H,2-3,13-19H2,1H3;1-2H3. The predicted molar refractivity (Wildman–Crippen MR) is 125 cm³/mol. The van der Waals surface area contributed by atoms with Gasteiger partial charge in [-0.3, -0.25) is 0 Å². The van der Waals surface area contributed by atoms with Gasteiger partial charge in [0.05, 0.1) is 6.61 Å². The van der Waals surface area contributed by atoms with E-state index in [0.717, 1.165) is 31.2 Å². The van der Waals surface area contributed by atoms with Gasteiger partial charge in [-0.05, 0) is 73.4 Å². The highest BCUT2D eigenvalue weighted by atomic mass is 16.5. The number of unbranched alkanes of at least 4 members (excludes halogenated alkanes) is 1. The fraction of sp³-hybridized carbons (Fsp3) is 0.538. The molecule has 3 heteroatoms. The molecule has 1 aliphatic carbocycles. The summed E-state index contributed by atoms with van der Waals surface area (Å²) in [5, 5.41) is 3.65. The molecule has 1 saturated carbocycles. The van der Waals surface area contributed by atoms with Gasteiger partial charge >= 0.3 is 0 Å². The molecular formula is C26H38N2O. The number of hydrogen-bond donors (Lipinski definition) is 1. The van der Waals surface area contributed by atoms with Crippen LogP contribution in [0.25, 0.3) is 0 Å². The number of nitrogens with zero attached hydrogens (tertiary/aromatic N) is 1. The molecule has 1 spiro atoms. The molecular weight excluding hydrogens is 356 g/mol. The Morgan fingerprint density at radius 3 is 2.34 bits per heavy atom. The van der Waals surface area contributed by atoms with Gasteiger partial charge in [-0.25, -0.2) is 0 Å². The molecule has 2 aromatic rings. The fourth-order valence-electron chi connectivity index (χ4n) is 4.43. The fourth-order valence-corrected chi connectivity index (χ4v) is 4.43. The summed E-state index contributed by atoms with van der Waals surface area (Å²) in [7, 11) is 0. The summed E-state index contributed by atoms with van der Waals surface area (Å²) in [6.07, 6.45) is 6.34. The average molecular weight is 395 g/mol. The summed E-state index contributed by atoms with van der Waals surface area (Å²) < 4.78 is 5.74. The lowest BCUT2D eigenvalue weighted by atomic mass is 9.90. The number of nitrogens with one attached hydrogen (secondary N) is 1. The Morgan fingerprint density at radius 2 is 1.69 bits per heavy atom. The van der Waals surface area contributed by atoms with Crippen molar-refractivity contribution in [2.45, 2.75) is 52.9 Å². The van der Waals surface area contributed by atoms with Gasteiger partial charge in [0.2, 0.25) is 0 Å². The van der Waals surface area contributed by atoms with Crippen LogP contribution < -0.4 is 15.0 Å².